The number of benzene rings is 1. The van der Waals surface area contributed by atoms with Crippen LogP contribution in [0.4, 0.5) is 8.78 Å². The van der Waals surface area contributed by atoms with Gasteiger partial charge in [-0.25, -0.2) is 18.7 Å². The largest absolute Gasteiger partial charge is 0.472 e. The number of furan rings is 1. The third-order valence-electron chi connectivity index (χ3n) is 6.52. The first kappa shape index (κ1) is 19.8. The highest BCUT2D eigenvalue weighted by Crippen LogP contribution is 2.40. The van der Waals surface area contributed by atoms with Crippen molar-refractivity contribution in [3.8, 4) is 22.5 Å². The van der Waals surface area contributed by atoms with Gasteiger partial charge in [-0.2, -0.15) is 5.10 Å². The molecule has 2 atom stereocenters. The molecule has 0 amide bonds. The molecule has 4 aromatic rings. The number of hydrogen-bond donors (Lipinski definition) is 1. The minimum Gasteiger partial charge on any atom is -0.472 e. The van der Waals surface area contributed by atoms with E-state index in [1.165, 1.54) is 0 Å². The molecular weight excluding hydrogens is 398 g/mol. The number of nitrogens with zero attached hydrogens (tertiary/aromatic N) is 3. The second kappa shape index (κ2) is 7.87. The molecule has 2 unspecified atom stereocenters. The van der Waals surface area contributed by atoms with Crippen molar-refractivity contribution in [3.63, 3.8) is 0 Å². The fraction of sp³-hybridized carbons (Fsp3) is 0.375. The second-order valence-electron chi connectivity index (χ2n) is 8.51. The van der Waals surface area contributed by atoms with E-state index in [1.807, 2.05) is 24.3 Å². The van der Waals surface area contributed by atoms with E-state index in [4.69, 9.17) is 4.42 Å². The van der Waals surface area contributed by atoms with Crippen LogP contribution in [-0.2, 0) is 0 Å². The standard InChI is InChI=1S/C24H24F2N4O/c1-15(16-3-2-8-24(25,26)9-6-16)21-12-22(28-14-27-21)23-19-11-17(18-7-10-31-13-18)4-5-20(19)29-30-23/h4-5,7,10-16H,2-3,6,8-9H2,1H3,(H,29,30). The summed E-state index contributed by atoms with van der Waals surface area (Å²) in [4.78, 5) is 8.94. The maximum atomic E-state index is 13.8. The van der Waals surface area contributed by atoms with Gasteiger partial charge in [-0.3, -0.25) is 5.10 Å². The maximum Gasteiger partial charge on any atom is 0.248 e. The molecule has 5 nitrogen and oxygen atoms in total. The molecule has 0 saturated heterocycles. The Kier molecular flexibility index (Phi) is 5.04. The third kappa shape index (κ3) is 3.96. The van der Waals surface area contributed by atoms with Gasteiger partial charge in [0.1, 0.15) is 12.0 Å². The molecule has 0 spiro atoms. The molecule has 160 valence electrons. The Balaban J connectivity index is 1.46. The normalized spacial score (nSPS) is 19.9. The number of hydrogen-bond acceptors (Lipinski definition) is 4. The Labute approximate surface area is 178 Å². The summed E-state index contributed by atoms with van der Waals surface area (Å²) in [6.45, 7) is 2.08. The molecule has 1 aliphatic carbocycles. The highest BCUT2D eigenvalue weighted by atomic mass is 19.3. The van der Waals surface area contributed by atoms with Crippen LogP contribution in [-0.4, -0.2) is 26.1 Å². The number of nitrogens with one attached hydrogen (secondary N) is 1. The number of alkyl halides is 2. The Morgan fingerprint density at radius 1 is 1.10 bits per heavy atom. The summed E-state index contributed by atoms with van der Waals surface area (Å²) in [6, 6.07) is 9.95. The number of H-pyrrole nitrogens is 1. The lowest BCUT2D eigenvalue weighted by Crippen LogP contribution is -2.15. The van der Waals surface area contributed by atoms with E-state index in [0.717, 1.165) is 45.5 Å². The summed E-state index contributed by atoms with van der Waals surface area (Å²) in [5.41, 5.74) is 5.31. The quantitative estimate of drug-likeness (QED) is 0.376. The fourth-order valence-electron chi connectivity index (χ4n) is 4.60. The Hall–Kier alpha value is -3.09. The van der Waals surface area contributed by atoms with Crippen LogP contribution in [0.5, 0.6) is 0 Å². The first-order chi connectivity index (χ1) is 15.0. The minimum atomic E-state index is -2.54. The van der Waals surface area contributed by atoms with Gasteiger partial charge in [-0.1, -0.05) is 13.0 Å². The predicted octanol–water partition coefficient (Wildman–Crippen LogP) is 6.60. The molecule has 1 aromatic carbocycles. The van der Waals surface area contributed by atoms with Crippen molar-refractivity contribution in [1.82, 2.24) is 20.2 Å². The summed E-state index contributed by atoms with van der Waals surface area (Å²) in [6.07, 6.45) is 6.74. The van der Waals surface area contributed by atoms with Crippen molar-refractivity contribution >= 4 is 10.9 Å². The Bertz CT molecular complexity index is 1190. The lowest BCUT2D eigenvalue weighted by atomic mass is 9.85. The van der Waals surface area contributed by atoms with Crippen LogP contribution in [0.25, 0.3) is 33.4 Å². The lowest BCUT2D eigenvalue weighted by molar-refractivity contribution is -0.0150. The van der Waals surface area contributed by atoms with Crippen LogP contribution in [0.15, 0.2) is 53.6 Å². The first-order valence-electron chi connectivity index (χ1n) is 10.7. The van der Waals surface area contributed by atoms with E-state index in [1.54, 1.807) is 18.9 Å². The van der Waals surface area contributed by atoms with E-state index in [-0.39, 0.29) is 24.7 Å². The molecule has 3 aromatic heterocycles. The number of rotatable bonds is 4. The maximum absolute atomic E-state index is 13.8. The van der Waals surface area contributed by atoms with Crippen molar-refractivity contribution in [3.05, 3.63) is 54.9 Å². The van der Waals surface area contributed by atoms with E-state index in [0.29, 0.717) is 12.8 Å². The van der Waals surface area contributed by atoms with Gasteiger partial charge in [-0.15, -0.1) is 0 Å². The van der Waals surface area contributed by atoms with Gasteiger partial charge in [0.25, 0.3) is 0 Å². The smallest absolute Gasteiger partial charge is 0.248 e. The van der Waals surface area contributed by atoms with E-state index in [9.17, 15) is 8.78 Å². The summed E-state index contributed by atoms with van der Waals surface area (Å²) in [5, 5.41) is 8.53. The zero-order valence-electron chi connectivity index (χ0n) is 17.3. The SMILES string of the molecule is CC(c1cc(-c2n[nH]c3ccc(-c4ccoc4)cc23)ncn1)C1CCCC(F)(F)CC1. The fourth-order valence-corrected chi connectivity index (χ4v) is 4.60. The molecule has 3 heterocycles. The molecule has 0 radical (unpaired) electrons. The molecule has 5 rings (SSSR count). The molecule has 31 heavy (non-hydrogen) atoms. The zero-order valence-corrected chi connectivity index (χ0v) is 17.3. The van der Waals surface area contributed by atoms with Crippen molar-refractivity contribution in [2.24, 2.45) is 5.92 Å². The average Bonchev–Trinajstić information content (AvgIpc) is 3.41. The van der Waals surface area contributed by atoms with Crippen LogP contribution in [0.3, 0.4) is 0 Å². The van der Waals surface area contributed by atoms with Gasteiger partial charge < -0.3 is 4.42 Å². The predicted molar refractivity (Wildman–Crippen MR) is 115 cm³/mol. The van der Waals surface area contributed by atoms with Gasteiger partial charge in [0, 0.05) is 35.4 Å². The van der Waals surface area contributed by atoms with Gasteiger partial charge in [0.05, 0.1) is 23.7 Å². The van der Waals surface area contributed by atoms with Crippen molar-refractivity contribution in [1.29, 1.82) is 0 Å². The topological polar surface area (TPSA) is 67.6 Å². The molecule has 1 aliphatic rings. The number of fused-ring (bicyclic) bond motifs is 1. The third-order valence-corrected chi connectivity index (χ3v) is 6.52. The molecule has 1 fully saturated rings. The monoisotopic (exact) mass is 422 g/mol. The molecule has 0 bridgehead atoms. The Morgan fingerprint density at radius 2 is 2.00 bits per heavy atom. The van der Waals surface area contributed by atoms with Crippen LogP contribution in [0.2, 0.25) is 0 Å². The molecule has 7 heteroatoms. The number of aromatic nitrogens is 4. The van der Waals surface area contributed by atoms with Crippen molar-refractivity contribution in [2.45, 2.75) is 50.9 Å². The van der Waals surface area contributed by atoms with Crippen LogP contribution in [0.1, 0.15) is 50.6 Å². The lowest BCUT2D eigenvalue weighted by Gasteiger charge is -2.22. The number of halogens is 2. The van der Waals surface area contributed by atoms with Crippen LogP contribution in [0, 0.1) is 5.92 Å². The second-order valence-corrected chi connectivity index (χ2v) is 8.51. The highest BCUT2D eigenvalue weighted by molar-refractivity contribution is 5.94. The average molecular weight is 422 g/mol. The summed E-state index contributed by atoms with van der Waals surface area (Å²) in [5.74, 6) is -2.26. The molecular formula is C24H24F2N4O. The van der Waals surface area contributed by atoms with Crippen molar-refractivity contribution < 1.29 is 13.2 Å². The summed E-state index contributed by atoms with van der Waals surface area (Å²) in [7, 11) is 0. The van der Waals surface area contributed by atoms with E-state index >= 15 is 0 Å². The van der Waals surface area contributed by atoms with E-state index < -0.39 is 5.92 Å². The van der Waals surface area contributed by atoms with Crippen LogP contribution < -0.4 is 0 Å². The van der Waals surface area contributed by atoms with Gasteiger partial charge >= 0.3 is 0 Å². The van der Waals surface area contributed by atoms with Gasteiger partial charge in [0.2, 0.25) is 5.92 Å². The molecule has 1 N–H and O–H groups in total. The Morgan fingerprint density at radius 3 is 2.84 bits per heavy atom. The van der Waals surface area contributed by atoms with Gasteiger partial charge in [-0.05, 0) is 55.0 Å². The van der Waals surface area contributed by atoms with E-state index in [2.05, 4.69) is 33.2 Å². The summed E-state index contributed by atoms with van der Waals surface area (Å²) < 4.78 is 32.8. The molecule has 1 saturated carbocycles. The molecule has 0 aliphatic heterocycles. The first-order valence-corrected chi connectivity index (χ1v) is 10.7. The zero-order chi connectivity index (χ0) is 21.4. The number of aromatic amines is 1. The minimum absolute atomic E-state index is 0.0104. The summed E-state index contributed by atoms with van der Waals surface area (Å²) >= 11 is 0. The van der Waals surface area contributed by atoms with Crippen molar-refractivity contribution in [2.75, 3.05) is 0 Å². The highest BCUT2D eigenvalue weighted by Gasteiger charge is 2.34. The van der Waals surface area contributed by atoms with Crippen LogP contribution >= 0.6 is 0 Å². The van der Waals surface area contributed by atoms with Gasteiger partial charge in [0.15, 0.2) is 0 Å².